The van der Waals surface area contributed by atoms with Gasteiger partial charge in [0.25, 0.3) is 0 Å². The standard InChI is InChI=1S/C65H38N2O2S/c1-3-14-39(15-4-1)55-36-44(41-26-29-48-47-19-8-11-23-59(47)69-62(48)38-41)37-56(66-55)50-21-13-24-61-64(50)54-32-40(28-31-60(54)68-61)43-34-51(65-53(35-43)49-20-9-12-25-63(49)70-65)42-27-30-58-52(33-42)46-18-7-10-22-57(46)67(58)45-16-5-2-6-17-45/h1-38H. The minimum absolute atomic E-state index is 0.824. The summed E-state index contributed by atoms with van der Waals surface area (Å²) in [6.07, 6.45) is 0. The van der Waals surface area contributed by atoms with Crippen LogP contribution in [0.4, 0.5) is 0 Å². The molecule has 0 radical (unpaired) electrons. The monoisotopic (exact) mass is 910 g/mol. The van der Waals surface area contributed by atoms with E-state index in [-0.39, 0.29) is 0 Å². The van der Waals surface area contributed by atoms with E-state index in [2.05, 4.69) is 217 Å². The summed E-state index contributed by atoms with van der Waals surface area (Å²) in [5.74, 6) is 0. The second kappa shape index (κ2) is 15.2. The van der Waals surface area contributed by atoms with Crippen LogP contribution in [0.5, 0.6) is 0 Å². The van der Waals surface area contributed by atoms with E-state index in [1.807, 2.05) is 29.5 Å². The van der Waals surface area contributed by atoms with Crippen LogP contribution >= 0.6 is 11.3 Å². The number of thiophene rings is 1. The molecule has 0 aliphatic rings. The summed E-state index contributed by atoms with van der Waals surface area (Å²) < 4.78 is 18.0. The van der Waals surface area contributed by atoms with Crippen LogP contribution in [0.15, 0.2) is 239 Å². The highest BCUT2D eigenvalue weighted by Crippen LogP contribution is 2.46. The summed E-state index contributed by atoms with van der Waals surface area (Å²) in [6, 6.07) is 82.6. The van der Waals surface area contributed by atoms with E-state index in [1.54, 1.807) is 0 Å². The number of aromatic nitrogens is 2. The molecule has 15 rings (SSSR count). The fourth-order valence-corrected chi connectivity index (χ4v) is 12.1. The molecule has 5 heterocycles. The van der Waals surface area contributed by atoms with E-state index in [0.717, 1.165) is 94.3 Å². The van der Waals surface area contributed by atoms with Crippen LogP contribution in [0.1, 0.15) is 0 Å². The molecule has 10 aromatic carbocycles. The molecule has 0 N–H and O–H groups in total. The van der Waals surface area contributed by atoms with Crippen molar-refractivity contribution in [3.05, 3.63) is 231 Å². The topological polar surface area (TPSA) is 44.1 Å². The average Bonchev–Trinajstić information content (AvgIpc) is 4.19. The summed E-state index contributed by atoms with van der Waals surface area (Å²) in [4.78, 5) is 5.41. The maximum absolute atomic E-state index is 6.69. The Morgan fingerprint density at radius 1 is 0.329 bits per heavy atom. The number of fused-ring (bicyclic) bond motifs is 12. The molecule has 0 saturated heterocycles. The number of furan rings is 2. The van der Waals surface area contributed by atoms with E-state index in [4.69, 9.17) is 13.8 Å². The van der Waals surface area contributed by atoms with Gasteiger partial charge in [-0.3, -0.25) is 0 Å². The van der Waals surface area contributed by atoms with Crippen LogP contribution in [0.2, 0.25) is 0 Å². The van der Waals surface area contributed by atoms with Crippen molar-refractivity contribution in [2.45, 2.75) is 0 Å². The zero-order chi connectivity index (χ0) is 45.9. The van der Waals surface area contributed by atoms with Crippen LogP contribution in [0.3, 0.4) is 0 Å². The molecule has 0 saturated carbocycles. The van der Waals surface area contributed by atoms with Crippen molar-refractivity contribution in [3.8, 4) is 61.6 Å². The molecule has 70 heavy (non-hydrogen) atoms. The highest BCUT2D eigenvalue weighted by molar-refractivity contribution is 7.26. The first kappa shape index (κ1) is 39.0. The first-order chi connectivity index (χ1) is 34.7. The van der Waals surface area contributed by atoms with Gasteiger partial charge in [-0.1, -0.05) is 133 Å². The van der Waals surface area contributed by atoms with Gasteiger partial charge < -0.3 is 13.4 Å². The SMILES string of the molecule is c1ccc(-c2cc(-c3ccc4c(c3)oc3ccccc34)cc(-c3cccc4oc5ccc(-c6cc(-c7ccc8c(c7)c7ccccc7n8-c7ccccc7)c7sc8ccccc8c7c6)cc5c34)n2)cc1. The predicted molar refractivity (Wildman–Crippen MR) is 293 cm³/mol. The number of hydrogen-bond donors (Lipinski definition) is 0. The van der Waals surface area contributed by atoms with Crippen LogP contribution < -0.4 is 0 Å². The normalized spacial score (nSPS) is 12.0. The summed E-state index contributed by atoms with van der Waals surface area (Å²) >= 11 is 1.87. The predicted octanol–water partition coefficient (Wildman–Crippen LogP) is 18.7. The Morgan fingerprint density at radius 2 is 0.957 bits per heavy atom. The minimum atomic E-state index is 0.824. The largest absolute Gasteiger partial charge is 0.456 e. The third kappa shape index (κ3) is 6.05. The van der Waals surface area contributed by atoms with Crippen molar-refractivity contribution in [3.63, 3.8) is 0 Å². The van der Waals surface area contributed by atoms with Gasteiger partial charge in [0.05, 0.1) is 22.4 Å². The second-order valence-electron chi connectivity index (χ2n) is 18.2. The Hall–Kier alpha value is -9.03. The van der Waals surface area contributed by atoms with Crippen LogP contribution in [0.25, 0.3) is 147 Å². The van der Waals surface area contributed by atoms with Gasteiger partial charge >= 0.3 is 0 Å². The van der Waals surface area contributed by atoms with Gasteiger partial charge in [0.15, 0.2) is 0 Å². The van der Waals surface area contributed by atoms with Crippen molar-refractivity contribution in [1.82, 2.24) is 9.55 Å². The first-order valence-corrected chi connectivity index (χ1v) is 24.5. The lowest BCUT2D eigenvalue weighted by atomic mass is 9.94. The third-order valence-electron chi connectivity index (χ3n) is 14.2. The molecule has 326 valence electrons. The van der Waals surface area contributed by atoms with Crippen LogP contribution in [0, 0.1) is 0 Å². The minimum Gasteiger partial charge on any atom is -0.456 e. The van der Waals surface area contributed by atoms with Crippen molar-refractivity contribution in [1.29, 1.82) is 0 Å². The fraction of sp³-hybridized carbons (Fsp3) is 0. The molecule has 5 aromatic heterocycles. The van der Waals surface area contributed by atoms with Gasteiger partial charge in [0.2, 0.25) is 0 Å². The van der Waals surface area contributed by atoms with Crippen molar-refractivity contribution < 1.29 is 8.83 Å². The number of rotatable bonds is 6. The Labute approximate surface area is 405 Å². The highest BCUT2D eigenvalue weighted by atomic mass is 32.1. The van der Waals surface area contributed by atoms with Gasteiger partial charge in [-0.05, 0) is 125 Å². The number of benzene rings is 10. The number of nitrogens with zero attached hydrogens (tertiary/aromatic N) is 2. The van der Waals surface area contributed by atoms with Gasteiger partial charge in [-0.15, -0.1) is 11.3 Å². The quantitative estimate of drug-likeness (QED) is 0.167. The molecule has 0 unspecified atom stereocenters. The lowest BCUT2D eigenvalue weighted by molar-refractivity contribution is 0.668. The zero-order valence-electron chi connectivity index (χ0n) is 37.6. The summed E-state index contributed by atoms with van der Waals surface area (Å²) in [5, 5.41) is 9.31. The smallest absolute Gasteiger partial charge is 0.136 e. The maximum atomic E-state index is 6.69. The highest BCUT2D eigenvalue weighted by Gasteiger charge is 2.20. The molecule has 4 nitrogen and oxygen atoms in total. The van der Waals surface area contributed by atoms with Crippen LogP contribution in [-0.4, -0.2) is 9.55 Å². The Morgan fingerprint density at radius 3 is 1.86 bits per heavy atom. The molecule has 0 atom stereocenters. The summed E-state index contributed by atoms with van der Waals surface area (Å²) in [7, 11) is 0. The van der Waals surface area contributed by atoms with E-state index >= 15 is 0 Å². The Balaban J connectivity index is 0.917. The van der Waals surface area contributed by atoms with Crippen LogP contribution in [-0.2, 0) is 0 Å². The number of para-hydroxylation sites is 3. The maximum Gasteiger partial charge on any atom is 0.136 e. The zero-order valence-corrected chi connectivity index (χ0v) is 38.4. The first-order valence-electron chi connectivity index (χ1n) is 23.7. The summed E-state index contributed by atoms with van der Waals surface area (Å²) in [5.41, 5.74) is 17.6. The summed E-state index contributed by atoms with van der Waals surface area (Å²) in [6.45, 7) is 0. The molecule has 0 aliphatic carbocycles. The molecule has 0 amide bonds. The molecule has 0 spiro atoms. The number of pyridine rings is 1. The van der Waals surface area contributed by atoms with E-state index in [1.165, 1.54) is 53.1 Å². The molecule has 0 aliphatic heterocycles. The molecule has 5 heteroatoms. The van der Waals surface area contributed by atoms with Gasteiger partial charge in [-0.2, -0.15) is 0 Å². The second-order valence-corrected chi connectivity index (χ2v) is 19.3. The van der Waals surface area contributed by atoms with E-state index < -0.39 is 0 Å². The lowest BCUT2D eigenvalue weighted by Crippen LogP contribution is -1.92. The molecule has 15 aromatic rings. The van der Waals surface area contributed by atoms with Crippen molar-refractivity contribution in [2.75, 3.05) is 0 Å². The van der Waals surface area contributed by atoms with Gasteiger partial charge in [-0.25, -0.2) is 4.98 Å². The van der Waals surface area contributed by atoms with E-state index in [9.17, 15) is 0 Å². The Kier molecular flexibility index (Phi) is 8.49. The fourth-order valence-electron chi connectivity index (χ4n) is 10.9. The molecular weight excluding hydrogens is 873 g/mol. The molecular formula is C65H38N2O2S. The number of hydrogen-bond acceptors (Lipinski definition) is 4. The molecule has 0 bridgehead atoms. The van der Waals surface area contributed by atoms with Gasteiger partial charge in [0.1, 0.15) is 22.3 Å². The molecule has 0 fully saturated rings. The third-order valence-corrected chi connectivity index (χ3v) is 15.4. The average molecular weight is 911 g/mol. The van der Waals surface area contributed by atoms with Gasteiger partial charge in [0, 0.05) is 74.9 Å². The van der Waals surface area contributed by atoms with E-state index in [0.29, 0.717) is 0 Å². The Bertz CT molecular complexity index is 4590. The van der Waals surface area contributed by atoms with Crippen molar-refractivity contribution in [2.24, 2.45) is 0 Å². The van der Waals surface area contributed by atoms with Crippen molar-refractivity contribution >= 4 is 97.2 Å². The lowest BCUT2D eigenvalue weighted by Gasteiger charge is -2.12.